The second-order valence-electron chi connectivity index (χ2n) is 12.0. The Kier molecular flexibility index (Phi) is 8.34. The summed E-state index contributed by atoms with van der Waals surface area (Å²) in [6.45, 7) is 8.07. The van der Waals surface area contributed by atoms with Crippen molar-refractivity contribution in [2.45, 2.75) is 57.8 Å². The van der Waals surface area contributed by atoms with Crippen LogP contribution in [0.4, 0.5) is 17.3 Å². The third-order valence-electron chi connectivity index (χ3n) is 8.31. The first-order valence-corrected chi connectivity index (χ1v) is 14.7. The van der Waals surface area contributed by atoms with E-state index in [4.69, 9.17) is 16.6 Å². The number of amides is 2. The van der Waals surface area contributed by atoms with Gasteiger partial charge in [0.25, 0.3) is 0 Å². The van der Waals surface area contributed by atoms with E-state index in [1.807, 2.05) is 49.9 Å². The molecule has 2 aliphatic heterocycles. The molecule has 0 aliphatic carbocycles. The maximum absolute atomic E-state index is 12.5. The standard InChI is InChI=1S/C32H39ClN6O2/c1-20-17-23(21-13-15-39(16-14-21)28(40)19-38(4)5)10-11-25(20)36-31-34-18-24(33)26(37-31)12-9-22-7-6-8-27-29(22)32(2,3)30(41)35-27/h6-8,10-11,17-18,21H,9,12-16,19H2,1-5H3,(H,35,41)(H,34,36,37). The molecule has 3 aromatic rings. The minimum Gasteiger partial charge on any atom is -0.342 e. The number of hydrogen-bond acceptors (Lipinski definition) is 6. The lowest BCUT2D eigenvalue weighted by atomic mass is 9.82. The van der Waals surface area contributed by atoms with Gasteiger partial charge in [-0.05, 0) is 101 Å². The van der Waals surface area contributed by atoms with E-state index in [1.54, 1.807) is 6.20 Å². The molecule has 2 aliphatic rings. The molecule has 0 atom stereocenters. The van der Waals surface area contributed by atoms with E-state index in [0.29, 0.717) is 36.3 Å². The van der Waals surface area contributed by atoms with Gasteiger partial charge in [-0.1, -0.05) is 35.9 Å². The fourth-order valence-corrected chi connectivity index (χ4v) is 6.15. The van der Waals surface area contributed by atoms with Gasteiger partial charge in [-0.3, -0.25) is 9.59 Å². The number of rotatable bonds is 8. The van der Waals surface area contributed by atoms with Crippen molar-refractivity contribution in [3.8, 4) is 0 Å². The van der Waals surface area contributed by atoms with Crippen LogP contribution >= 0.6 is 11.6 Å². The predicted octanol–water partition coefficient (Wildman–Crippen LogP) is 5.46. The number of likely N-dealkylation sites (tertiary alicyclic amines) is 1. The van der Waals surface area contributed by atoms with Crippen molar-refractivity contribution in [1.29, 1.82) is 0 Å². The number of nitrogens with one attached hydrogen (secondary N) is 2. The maximum Gasteiger partial charge on any atom is 0.236 e. The predicted molar refractivity (Wildman–Crippen MR) is 164 cm³/mol. The molecule has 8 nitrogen and oxygen atoms in total. The molecule has 0 spiro atoms. The van der Waals surface area contributed by atoms with E-state index in [0.717, 1.165) is 59.7 Å². The number of carbonyl (C=O) groups excluding carboxylic acids is 2. The second kappa shape index (κ2) is 11.8. The molecule has 9 heteroatoms. The lowest BCUT2D eigenvalue weighted by molar-refractivity contribution is -0.132. The molecule has 1 fully saturated rings. The van der Waals surface area contributed by atoms with Crippen LogP contribution in [0.2, 0.25) is 5.02 Å². The number of fused-ring (bicyclic) bond motifs is 1. The van der Waals surface area contributed by atoms with Crippen LogP contribution in [-0.4, -0.2) is 65.3 Å². The lowest BCUT2D eigenvalue weighted by Crippen LogP contribution is -2.42. The summed E-state index contributed by atoms with van der Waals surface area (Å²) < 4.78 is 0. The zero-order chi connectivity index (χ0) is 29.3. The van der Waals surface area contributed by atoms with Gasteiger partial charge in [0.15, 0.2) is 0 Å². The zero-order valence-electron chi connectivity index (χ0n) is 24.6. The third-order valence-corrected chi connectivity index (χ3v) is 8.62. The molecule has 216 valence electrons. The van der Waals surface area contributed by atoms with Crippen molar-refractivity contribution in [1.82, 2.24) is 19.8 Å². The molecule has 0 unspecified atom stereocenters. The first-order chi connectivity index (χ1) is 19.5. The Morgan fingerprint density at radius 3 is 2.63 bits per heavy atom. The molecule has 0 radical (unpaired) electrons. The lowest BCUT2D eigenvalue weighted by Gasteiger charge is -2.33. The van der Waals surface area contributed by atoms with Crippen molar-refractivity contribution in [3.63, 3.8) is 0 Å². The number of hydrogen-bond donors (Lipinski definition) is 2. The number of likely N-dealkylation sites (N-methyl/N-ethyl adjacent to an activating group) is 1. The first-order valence-electron chi connectivity index (χ1n) is 14.3. The Hall–Kier alpha value is -3.49. The average Bonchev–Trinajstić information content (AvgIpc) is 3.17. The molecule has 0 saturated carbocycles. The molecule has 2 N–H and O–H groups in total. The molecule has 2 amide bonds. The number of piperidine rings is 1. The summed E-state index contributed by atoms with van der Waals surface area (Å²) in [4.78, 5) is 38.0. The summed E-state index contributed by atoms with van der Waals surface area (Å²) in [7, 11) is 3.86. The summed E-state index contributed by atoms with van der Waals surface area (Å²) in [6.07, 6.45) is 4.93. The van der Waals surface area contributed by atoms with Gasteiger partial charge >= 0.3 is 0 Å². The number of nitrogens with zero attached hydrogens (tertiary/aromatic N) is 4. The van der Waals surface area contributed by atoms with Crippen LogP contribution < -0.4 is 10.6 Å². The van der Waals surface area contributed by atoms with E-state index < -0.39 is 5.41 Å². The van der Waals surface area contributed by atoms with Gasteiger partial charge < -0.3 is 20.4 Å². The van der Waals surface area contributed by atoms with Gasteiger partial charge in [-0.15, -0.1) is 0 Å². The quantitative estimate of drug-likeness (QED) is 0.371. The smallest absolute Gasteiger partial charge is 0.236 e. The van der Waals surface area contributed by atoms with Crippen molar-refractivity contribution in [2.24, 2.45) is 0 Å². The van der Waals surface area contributed by atoms with Crippen molar-refractivity contribution >= 4 is 40.7 Å². The number of anilines is 3. The molecule has 1 saturated heterocycles. The van der Waals surface area contributed by atoms with Crippen molar-refractivity contribution in [3.05, 3.63) is 75.6 Å². The normalized spacial score (nSPS) is 16.6. The minimum absolute atomic E-state index is 0.0217. The van der Waals surface area contributed by atoms with E-state index in [9.17, 15) is 9.59 Å². The van der Waals surface area contributed by atoms with Crippen LogP contribution in [-0.2, 0) is 27.8 Å². The number of halogens is 1. The summed E-state index contributed by atoms with van der Waals surface area (Å²) in [5.41, 5.74) is 6.62. The van der Waals surface area contributed by atoms with Crippen LogP contribution in [0.3, 0.4) is 0 Å². The van der Waals surface area contributed by atoms with Crippen molar-refractivity contribution in [2.75, 3.05) is 44.4 Å². The Labute approximate surface area is 247 Å². The Morgan fingerprint density at radius 2 is 1.93 bits per heavy atom. The molecule has 0 bridgehead atoms. The Balaban J connectivity index is 1.24. The fourth-order valence-electron chi connectivity index (χ4n) is 5.97. The van der Waals surface area contributed by atoms with E-state index in [-0.39, 0.29) is 11.8 Å². The highest BCUT2D eigenvalue weighted by molar-refractivity contribution is 6.31. The Morgan fingerprint density at radius 1 is 1.17 bits per heavy atom. The van der Waals surface area contributed by atoms with Crippen LogP contribution in [0.25, 0.3) is 0 Å². The summed E-state index contributed by atoms with van der Waals surface area (Å²) in [6, 6.07) is 12.5. The maximum atomic E-state index is 12.5. The molecule has 41 heavy (non-hydrogen) atoms. The first kappa shape index (κ1) is 29.0. The second-order valence-corrected chi connectivity index (χ2v) is 12.4. The van der Waals surface area contributed by atoms with Crippen LogP contribution in [0.5, 0.6) is 0 Å². The zero-order valence-corrected chi connectivity index (χ0v) is 25.3. The summed E-state index contributed by atoms with van der Waals surface area (Å²) >= 11 is 6.51. The molecule has 5 rings (SSSR count). The Bertz CT molecular complexity index is 1460. The van der Waals surface area contributed by atoms with Gasteiger partial charge in [-0.25, -0.2) is 9.97 Å². The van der Waals surface area contributed by atoms with Crippen LogP contribution in [0.1, 0.15) is 60.6 Å². The molecular weight excluding hydrogens is 536 g/mol. The van der Waals surface area contributed by atoms with Gasteiger partial charge in [0, 0.05) is 24.5 Å². The van der Waals surface area contributed by atoms with E-state index in [2.05, 4.69) is 46.8 Å². The molecule has 2 aromatic carbocycles. The third kappa shape index (κ3) is 6.23. The minimum atomic E-state index is -0.571. The van der Waals surface area contributed by atoms with Gasteiger partial charge in [0.2, 0.25) is 17.8 Å². The van der Waals surface area contributed by atoms with Crippen LogP contribution in [0, 0.1) is 6.92 Å². The largest absolute Gasteiger partial charge is 0.342 e. The molecule has 1 aromatic heterocycles. The number of aryl methyl sites for hydroxylation is 3. The van der Waals surface area contributed by atoms with E-state index in [1.165, 1.54) is 5.56 Å². The highest BCUT2D eigenvalue weighted by atomic mass is 35.5. The van der Waals surface area contributed by atoms with Crippen molar-refractivity contribution < 1.29 is 9.59 Å². The number of benzene rings is 2. The number of aromatic nitrogens is 2. The SMILES string of the molecule is Cc1cc(C2CCN(C(=O)CN(C)C)CC2)ccc1Nc1ncc(Cl)c(CCc2cccc3c2C(C)(C)C(=O)N3)n1. The molecule has 3 heterocycles. The summed E-state index contributed by atoms with van der Waals surface area (Å²) in [5.74, 6) is 1.17. The highest BCUT2D eigenvalue weighted by Gasteiger charge is 2.39. The number of carbonyl (C=O) groups is 2. The molecular formula is C32H39ClN6O2. The monoisotopic (exact) mass is 574 g/mol. The fraction of sp³-hybridized carbons (Fsp3) is 0.438. The topological polar surface area (TPSA) is 90.5 Å². The highest BCUT2D eigenvalue weighted by Crippen LogP contribution is 2.40. The van der Waals surface area contributed by atoms with Gasteiger partial charge in [-0.2, -0.15) is 0 Å². The average molecular weight is 575 g/mol. The summed E-state index contributed by atoms with van der Waals surface area (Å²) in [5, 5.41) is 6.90. The van der Waals surface area contributed by atoms with E-state index >= 15 is 0 Å². The van der Waals surface area contributed by atoms with Crippen LogP contribution in [0.15, 0.2) is 42.6 Å². The van der Waals surface area contributed by atoms with Gasteiger partial charge in [0.05, 0.1) is 28.9 Å². The van der Waals surface area contributed by atoms with Gasteiger partial charge in [0.1, 0.15) is 0 Å².